The minimum Gasteiger partial charge on any atom is -0.495 e. The maximum Gasteiger partial charge on any atom is 0.164 e. The molecule has 0 saturated heterocycles. The Kier molecular flexibility index (Phi) is 3.87. The van der Waals surface area contributed by atoms with Crippen molar-refractivity contribution < 1.29 is 4.74 Å². The lowest BCUT2D eigenvalue weighted by Gasteiger charge is -2.12. The van der Waals surface area contributed by atoms with Gasteiger partial charge >= 0.3 is 0 Å². The molecule has 0 aliphatic carbocycles. The zero-order valence-corrected chi connectivity index (χ0v) is 13.9. The summed E-state index contributed by atoms with van der Waals surface area (Å²) in [6, 6.07) is 9.64. The molecule has 1 aromatic carbocycles. The number of nitrogens with zero attached hydrogens (tertiary/aromatic N) is 3. The highest BCUT2D eigenvalue weighted by Gasteiger charge is 2.17. The van der Waals surface area contributed by atoms with Crippen LogP contribution in [0.25, 0.3) is 16.9 Å². The number of hydrogen-bond donors (Lipinski definition) is 0. The van der Waals surface area contributed by atoms with E-state index in [1.54, 1.807) is 13.3 Å². The fourth-order valence-corrected chi connectivity index (χ4v) is 2.79. The summed E-state index contributed by atoms with van der Waals surface area (Å²) in [6.07, 6.45) is 1.75. The van der Waals surface area contributed by atoms with E-state index < -0.39 is 0 Å². The van der Waals surface area contributed by atoms with E-state index in [9.17, 15) is 0 Å². The first-order valence-corrected chi connectivity index (χ1v) is 7.66. The molecule has 0 spiro atoms. The van der Waals surface area contributed by atoms with Gasteiger partial charge in [0.1, 0.15) is 17.1 Å². The quantitative estimate of drug-likeness (QED) is 0.641. The van der Waals surface area contributed by atoms with Gasteiger partial charge in [-0.2, -0.15) is 0 Å². The van der Waals surface area contributed by atoms with E-state index in [0.29, 0.717) is 0 Å². The molecule has 1 atom stereocenters. The number of pyridine rings is 1. The zero-order valence-electron chi connectivity index (χ0n) is 11.5. The molecular formula is C15H13BrClN3O. The van der Waals surface area contributed by atoms with E-state index in [0.717, 1.165) is 32.9 Å². The normalized spacial score (nSPS) is 12.6. The third-order valence-corrected chi connectivity index (χ3v) is 4.04. The first kappa shape index (κ1) is 14.4. The first-order chi connectivity index (χ1) is 10.1. The fourth-order valence-electron chi connectivity index (χ4n) is 2.24. The number of benzene rings is 1. The maximum absolute atomic E-state index is 6.28. The number of fused-ring (bicyclic) bond motifs is 1. The Morgan fingerprint density at radius 1 is 1.33 bits per heavy atom. The summed E-state index contributed by atoms with van der Waals surface area (Å²) in [7, 11) is 1.64. The van der Waals surface area contributed by atoms with E-state index in [4.69, 9.17) is 16.3 Å². The van der Waals surface area contributed by atoms with E-state index in [2.05, 4.69) is 25.9 Å². The highest BCUT2D eigenvalue weighted by Crippen LogP contribution is 2.31. The van der Waals surface area contributed by atoms with Crippen LogP contribution in [0.1, 0.15) is 18.1 Å². The van der Waals surface area contributed by atoms with Gasteiger partial charge in [-0.15, -0.1) is 11.6 Å². The molecule has 21 heavy (non-hydrogen) atoms. The van der Waals surface area contributed by atoms with E-state index in [1.807, 2.05) is 41.8 Å². The highest BCUT2D eigenvalue weighted by atomic mass is 79.9. The molecule has 2 aromatic heterocycles. The smallest absolute Gasteiger partial charge is 0.164 e. The minimum absolute atomic E-state index is 0.228. The lowest BCUT2D eigenvalue weighted by molar-refractivity contribution is 0.412. The summed E-state index contributed by atoms with van der Waals surface area (Å²) in [5.74, 6) is 1.51. The molecule has 108 valence electrons. The molecule has 0 bridgehead atoms. The fraction of sp³-hybridized carbons (Fsp3) is 0.200. The molecule has 0 saturated carbocycles. The lowest BCUT2D eigenvalue weighted by atomic mass is 10.3. The van der Waals surface area contributed by atoms with Crippen molar-refractivity contribution in [1.29, 1.82) is 0 Å². The second kappa shape index (κ2) is 5.66. The van der Waals surface area contributed by atoms with Crippen LogP contribution in [0.15, 0.2) is 41.0 Å². The molecule has 0 aliphatic heterocycles. The van der Waals surface area contributed by atoms with Crippen LogP contribution in [0.2, 0.25) is 0 Å². The number of alkyl halides is 1. The average Bonchev–Trinajstić information content (AvgIpc) is 2.87. The molecule has 0 N–H and O–H groups in total. The Balaban J connectivity index is 2.30. The Morgan fingerprint density at radius 2 is 2.14 bits per heavy atom. The van der Waals surface area contributed by atoms with Crippen molar-refractivity contribution in [2.45, 2.75) is 12.3 Å². The topological polar surface area (TPSA) is 39.9 Å². The monoisotopic (exact) mass is 365 g/mol. The van der Waals surface area contributed by atoms with Gasteiger partial charge < -0.3 is 4.74 Å². The van der Waals surface area contributed by atoms with Crippen molar-refractivity contribution in [3.63, 3.8) is 0 Å². The Bertz CT molecular complexity index is 801. The Hall–Kier alpha value is -1.59. The molecule has 3 aromatic rings. The van der Waals surface area contributed by atoms with Crippen LogP contribution in [0.5, 0.6) is 5.75 Å². The maximum atomic E-state index is 6.28. The van der Waals surface area contributed by atoms with Crippen molar-refractivity contribution in [3.05, 3.63) is 46.8 Å². The predicted octanol–water partition coefficient (Wildman–Crippen LogP) is 4.49. The molecule has 4 nitrogen and oxygen atoms in total. The van der Waals surface area contributed by atoms with E-state index >= 15 is 0 Å². The molecule has 0 fully saturated rings. The van der Waals surface area contributed by atoms with Crippen LogP contribution in [0.3, 0.4) is 0 Å². The SMILES string of the molecule is COc1cc(-n2c(C(C)Cl)nc3cccnc32)ccc1Br. The predicted molar refractivity (Wildman–Crippen MR) is 87.4 cm³/mol. The first-order valence-electron chi connectivity index (χ1n) is 6.43. The van der Waals surface area contributed by atoms with Crippen LogP contribution in [0, 0.1) is 0 Å². The molecular weight excluding hydrogens is 354 g/mol. The summed E-state index contributed by atoms with van der Waals surface area (Å²) in [6.45, 7) is 1.90. The van der Waals surface area contributed by atoms with Crippen molar-refractivity contribution >= 4 is 38.7 Å². The van der Waals surface area contributed by atoms with Crippen LogP contribution in [0.4, 0.5) is 0 Å². The minimum atomic E-state index is -0.228. The number of rotatable bonds is 3. The van der Waals surface area contributed by atoms with Gasteiger partial charge in [0, 0.05) is 12.3 Å². The summed E-state index contributed by atoms with van der Waals surface area (Å²) in [5, 5.41) is -0.228. The van der Waals surface area contributed by atoms with Crippen molar-refractivity contribution in [2.75, 3.05) is 7.11 Å². The number of halogens is 2. The van der Waals surface area contributed by atoms with E-state index in [1.165, 1.54) is 0 Å². The number of aromatic nitrogens is 3. The largest absolute Gasteiger partial charge is 0.495 e. The number of imidazole rings is 1. The molecule has 6 heteroatoms. The lowest BCUT2D eigenvalue weighted by Crippen LogP contribution is -2.03. The Morgan fingerprint density at radius 3 is 2.86 bits per heavy atom. The van der Waals surface area contributed by atoms with Gasteiger partial charge in [-0.25, -0.2) is 9.97 Å². The summed E-state index contributed by atoms with van der Waals surface area (Å²) < 4.78 is 8.22. The van der Waals surface area contributed by atoms with Gasteiger partial charge in [0.2, 0.25) is 0 Å². The molecule has 1 unspecified atom stereocenters. The van der Waals surface area contributed by atoms with Gasteiger partial charge in [-0.1, -0.05) is 0 Å². The van der Waals surface area contributed by atoms with Crippen molar-refractivity contribution in [2.24, 2.45) is 0 Å². The third kappa shape index (κ3) is 2.51. The van der Waals surface area contributed by atoms with Gasteiger partial charge in [0.15, 0.2) is 5.65 Å². The molecule has 2 heterocycles. The Labute approximate surface area is 135 Å². The average molecular weight is 367 g/mol. The standard InChI is InChI=1S/C15H13BrClN3O/c1-9(17)14-19-12-4-3-7-18-15(12)20(14)10-5-6-11(16)13(8-10)21-2/h3-9H,1-2H3. The molecule has 0 amide bonds. The summed E-state index contributed by atoms with van der Waals surface area (Å²) in [4.78, 5) is 9.01. The van der Waals surface area contributed by atoms with Crippen LogP contribution in [-0.2, 0) is 0 Å². The van der Waals surface area contributed by atoms with Crippen LogP contribution >= 0.6 is 27.5 Å². The van der Waals surface area contributed by atoms with Gasteiger partial charge in [-0.3, -0.25) is 4.57 Å². The van der Waals surface area contributed by atoms with Gasteiger partial charge in [0.05, 0.1) is 22.6 Å². The number of hydrogen-bond acceptors (Lipinski definition) is 3. The van der Waals surface area contributed by atoms with Crippen molar-refractivity contribution in [3.8, 4) is 11.4 Å². The third-order valence-electron chi connectivity index (χ3n) is 3.19. The molecule has 0 radical (unpaired) electrons. The summed E-state index contributed by atoms with van der Waals surface area (Å²) in [5.41, 5.74) is 2.52. The molecule has 3 rings (SSSR count). The second-order valence-electron chi connectivity index (χ2n) is 4.59. The highest BCUT2D eigenvalue weighted by molar-refractivity contribution is 9.10. The summed E-state index contributed by atoms with van der Waals surface area (Å²) >= 11 is 9.74. The molecule has 0 aliphatic rings. The zero-order chi connectivity index (χ0) is 15.0. The van der Waals surface area contributed by atoms with Gasteiger partial charge in [-0.05, 0) is 47.1 Å². The second-order valence-corrected chi connectivity index (χ2v) is 6.10. The number of methoxy groups -OCH3 is 1. The van der Waals surface area contributed by atoms with Crippen molar-refractivity contribution in [1.82, 2.24) is 14.5 Å². The van der Waals surface area contributed by atoms with Crippen LogP contribution < -0.4 is 4.74 Å². The number of ether oxygens (including phenoxy) is 1. The van der Waals surface area contributed by atoms with E-state index in [-0.39, 0.29) is 5.38 Å². The van der Waals surface area contributed by atoms with Gasteiger partial charge in [0.25, 0.3) is 0 Å². The van der Waals surface area contributed by atoms with Crippen LogP contribution in [-0.4, -0.2) is 21.6 Å².